The molecule has 0 heterocycles. The summed E-state index contributed by atoms with van der Waals surface area (Å²) in [5.74, 6) is 7.45. The van der Waals surface area contributed by atoms with Gasteiger partial charge >= 0.3 is 0 Å². The zero-order valence-corrected chi connectivity index (χ0v) is 23.4. The maximum atomic E-state index is 12.3. The summed E-state index contributed by atoms with van der Waals surface area (Å²) in [5, 5.41) is 21.4. The fraction of sp³-hybridized carbons (Fsp3) is 0.576. The summed E-state index contributed by atoms with van der Waals surface area (Å²) in [5.41, 5.74) is 4.40. The molecular formula is C33H41NO4. The molecule has 1 aromatic rings. The molecule has 0 radical (unpaired) electrons. The smallest absolute Gasteiger partial charge is 0.252 e. The van der Waals surface area contributed by atoms with Crippen LogP contribution >= 0.6 is 0 Å². The highest BCUT2D eigenvalue weighted by Crippen LogP contribution is 2.66. The number of ketones is 1. The first-order valence-corrected chi connectivity index (χ1v) is 14.1. The van der Waals surface area contributed by atoms with Gasteiger partial charge in [0.25, 0.3) is 5.91 Å². The third kappa shape index (κ3) is 4.46. The number of fused-ring (bicyclic) bond motifs is 4. The number of hydrogen-bond acceptors (Lipinski definition) is 4. The van der Waals surface area contributed by atoms with Gasteiger partial charge in [-0.3, -0.25) is 9.59 Å². The molecule has 5 heteroatoms. The molecule has 38 heavy (non-hydrogen) atoms. The van der Waals surface area contributed by atoms with Gasteiger partial charge in [-0.05, 0) is 106 Å². The highest BCUT2D eigenvalue weighted by Gasteiger charge is 2.62. The van der Waals surface area contributed by atoms with Gasteiger partial charge in [-0.1, -0.05) is 36.5 Å². The third-order valence-corrected chi connectivity index (χ3v) is 9.72. The van der Waals surface area contributed by atoms with Gasteiger partial charge in [0.1, 0.15) is 12.2 Å². The first-order chi connectivity index (χ1) is 17.9. The minimum absolute atomic E-state index is 0.113. The van der Waals surface area contributed by atoms with E-state index in [2.05, 4.69) is 51.7 Å². The normalized spacial score (nSPS) is 32.4. The number of likely N-dealkylation sites (N-methyl/N-ethyl adjacent to an activating group) is 1. The van der Waals surface area contributed by atoms with Crippen molar-refractivity contribution in [3.63, 3.8) is 0 Å². The Morgan fingerprint density at radius 1 is 1.13 bits per heavy atom. The van der Waals surface area contributed by atoms with E-state index in [0.717, 1.165) is 37.8 Å². The van der Waals surface area contributed by atoms with Crippen molar-refractivity contribution >= 4 is 17.4 Å². The first-order valence-electron chi connectivity index (χ1n) is 14.1. The van der Waals surface area contributed by atoms with Crippen LogP contribution in [-0.2, 0) is 9.59 Å². The van der Waals surface area contributed by atoms with Gasteiger partial charge in [-0.2, -0.15) is 0 Å². The van der Waals surface area contributed by atoms with E-state index in [1.54, 1.807) is 7.05 Å². The average Bonchev–Trinajstić information content (AvgIpc) is 3.16. The van der Waals surface area contributed by atoms with Crippen molar-refractivity contribution in [1.82, 2.24) is 0 Å². The Balaban J connectivity index is 1.62. The predicted octanol–water partition coefficient (Wildman–Crippen LogP) is 5.32. The van der Waals surface area contributed by atoms with Crippen molar-refractivity contribution in [3.05, 3.63) is 52.6 Å². The molecule has 1 aromatic carbocycles. The highest BCUT2D eigenvalue weighted by atomic mass is 16.3. The second-order valence-electron chi connectivity index (χ2n) is 13.1. The standard InChI is InChI=1S/C33H41NO4/c1-31(2,3)16-17-33(38)15-14-28-26-12-8-22-18-24(36)11-13-25(22)30(26)27(19-32(28,33)4)21-6-9-23(10-7-21)34(5)29(37)20-35/h6-7,9-10,18,26-28,35,38H,8,11-15,19-20H2,1-5H3/t26-,27+,28-,32-,33+/m0/s1. The maximum Gasteiger partial charge on any atom is 0.252 e. The number of carbonyl (C=O) groups excluding carboxylic acids is 2. The van der Waals surface area contributed by atoms with E-state index < -0.39 is 12.2 Å². The maximum absolute atomic E-state index is 12.3. The van der Waals surface area contributed by atoms with Gasteiger partial charge in [-0.25, -0.2) is 0 Å². The lowest BCUT2D eigenvalue weighted by Gasteiger charge is -2.53. The molecule has 4 aliphatic carbocycles. The van der Waals surface area contributed by atoms with Gasteiger partial charge in [-0.15, -0.1) is 0 Å². The largest absolute Gasteiger partial charge is 0.387 e. The summed E-state index contributed by atoms with van der Waals surface area (Å²) in [6.45, 7) is 7.99. The number of nitrogens with zero attached hydrogens (tertiary/aromatic N) is 1. The highest BCUT2D eigenvalue weighted by molar-refractivity contribution is 5.94. The SMILES string of the molecule is CN(C(=O)CO)c1ccc([C@H]2C[C@@]3(C)[C@@H](CC[C@@]3(O)C#CC(C)(C)C)[C@@H]3CCC4=CC(=O)CCC4=C32)cc1. The number of allylic oxidation sites excluding steroid dienone is 4. The summed E-state index contributed by atoms with van der Waals surface area (Å²) in [6.07, 6.45) is 7.63. The lowest BCUT2D eigenvalue weighted by Crippen LogP contribution is -2.51. The molecule has 0 aliphatic heterocycles. The molecule has 5 nitrogen and oxygen atoms in total. The monoisotopic (exact) mass is 515 g/mol. The minimum Gasteiger partial charge on any atom is -0.387 e. The fourth-order valence-corrected chi connectivity index (χ4v) is 7.64. The lowest BCUT2D eigenvalue weighted by molar-refractivity contribution is -0.121. The number of carbonyl (C=O) groups is 2. The van der Waals surface area contributed by atoms with E-state index in [1.165, 1.54) is 27.2 Å². The van der Waals surface area contributed by atoms with Crippen LogP contribution in [0, 0.1) is 34.5 Å². The molecule has 2 fully saturated rings. The van der Waals surface area contributed by atoms with Crippen LogP contribution in [0.25, 0.3) is 0 Å². The number of aliphatic hydroxyl groups excluding tert-OH is 1. The summed E-state index contributed by atoms with van der Waals surface area (Å²) < 4.78 is 0. The Bertz CT molecular complexity index is 1270. The molecule has 5 rings (SSSR count). The van der Waals surface area contributed by atoms with Gasteiger partial charge in [0, 0.05) is 35.9 Å². The second kappa shape index (κ2) is 9.50. The molecule has 2 saturated carbocycles. The number of amides is 1. The number of anilines is 1. The summed E-state index contributed by atoms with van der Waals surface area (Å²) in [7, 11) is 1.67. The number of hydrogen-bond donors (Lipinski definition) is 2. The van der Waals surface area contributed by atoms with Crippen LogP contribution in [0.5, 0.6) is 0 Å². The summed E-state index contributed by atoms with van der Waals surface area (Å²) >= 11 is 0. The van der Waals surface area contributed by atoms with Crippen molar-refractivity contribution in [2.75, 3.05) is 18.6 Å². The van der Waals surface area contributed by atoms with Crippen molar-refractivity contribution in [2.24, 2.45) is 22.7 Å². The van der Waals surface area contributed by atoms with E-state index in [0.29, 0.717) is 24.7 Å². The van der Waals surface area contributed by atoms with E-state index in [1.807, 2.05) is 18.2 Å². The fourth-order valence-electron chi connectivity index (χ4n) is 7.64. The molecule has 2 N–H and O–H groups in total. The molecule has 0 bridgehead atoms. The number of aliphatic hydroxyl groups is 2. The molecule has 0 unspecified atom stereocenters. The van der Waals surface area contributed by atoms with E-state index in [-0.39, 0.29) is 28.4 Å². The Morgan fingerprint density at radius 3 is 2.50 bits per heavy atom. The molecule has 5 atom stereocenters. The Kier molecular flexibility index (Phi) is 6.73. The van der Waals surface area contributed by atoms with Crippen LogP contribution in [0.4, 0.5) is 5.69 Å². The van der Waals surface area contributed by atoms with Crippen LogP contribution < -0.4 is 4.90 Å². The third-order valence-electron chi connectivity index (χ3n) is 9.72. The van der Waals surface area contributed by atoms with E-state index in [9.17, 15) is 19.8 Å². The first kappa shape index (κ1) is 26.9. The van der Waals surface area contributed by atoms with Crippen molar-refractivity contribution < 1.29 is 19.8 Å². The Morgan fingerprint density at radius 2 is 1.84 bits per heavy atom. The predicted molar refractivity (Wildman–Crippen MR) is 149 cm³/mol. The minimum atomic E-state index is -1.04. The van der Waals surface area contributed by atoms with E-state index in [4.69, 9.17) is 0 Å². The van der Waals surface area contributed by atoms with Gasteiger partial charge in [0.05, 0.1) is 0 Å². The Hall–Kier alpha value is -2.68. The second-order valence-corrected chi connectivity index (χ2v) is 13.1. The number of benzene rings is 1. The molecule has 1 amide bonds. The van der Waals surface area contributed by atoms with Crippen LogP contribution in [-0.4, -0.2) is 41.2 Å². The topological polar surface area (TPSA) is 77.8 Å². The van der Waals surface area contributed by atoms with Gasteiger partial charge in [0.15, 0.2) is 5.78 Å². The van der Waals surface area contributed by atoms with Crippen molar-refractivity contribution in [3.8, 4) is 11.8 Å². The van der Waals surface area contributed by atoms with Crippen LogP contribution in [0.2, 0.25) is 0 Å². The van der Waals surface area contributed by atoms with Crippen LogP contribution in [0.15, 0.2) is 47.1 Å². The molecule has 4 aliphatic rings. The van der Waals surface area contributed by atoms with Gasteiger partial charge in [0.2, 0.25) is 0 Å². The molecule has 0 aromatic heterocycles. The molecule has 202 valence electrons. The lowest BCUT2D eigenvalue weighted by atomic mass is 9.51. The quantitative estimate of drug-likeness (QED) is 0.534. The molecule has 0 saturated heterocycles. The number of rotatable bonds is 3. The van der Waals surface area contributed by atoms with Crippen molar-refractivity contribution in [1.29, 1.82) is 0 Å². The zero-order chi connectivity index (χ0) is 27.5. The molecule has 0 spiro atoms. The summed E-state index contributed by atoms with van der Waals surface area (Å²) in [6, 6.07) is 8.08. The zero-order valence-electron chi connectivity index (χ0n) is 23.4. The summed E-state index contributed by atoms with van der Waals surface area (Å²) in [4.78, 5) is 25.8. The van der Waals surface area contributed by atoms with Crippen molar-refractivity contribution in [2.45, 2.75) is 84.2 Å². The molecular weight excluding hydrogens is 474 g/mol. The van der Waals surface area contributed by atoms with E-state index >= 15 is 0 Å². The van der Waals surface area contributed by atoms with Crippen LogP contribution in [0.3, 0.4) is 0 Å². The van der Waals surface area contributed by atoms with Gasteiger partial charge < -0.3 is 15.1 Å². The Labute approximate surface area is 227 Å². The van der Waals surface area contributed by atoms with Crippen LogP contribution in [0.1, 0.15) is 84.1 Å². The average molecular weight is 516 g/mol.